The van der Waals surface area contributed by atoms with Crippen LogP contribution < -0.4 is 15.9 Å². The first kappa shape index (κ1) is 39.4. The van der Waals surface area contributed by atoms with Gasteiger partial charge in [-0.1, -0.05) is 88.6 Å². The number of piperidine rings is 1. The summed E-state index contributed by atoms with van der Waals surface area (Å²) in [5.41, 5.74) is 3.19. The molecule has 0 spiro atoms. The molecule has 2 aromatic rings. The fourth-order valence-electron chi connectivity index (χ4n) is 5.00. The molecular weight excluding hydrogens is 530 g/mol. The van der Waals surface area contributed by atoms with Crippen LogP contribution in [-0.2, 0) is 11.3 Å². The number of ether oxygens (including phenoxy) is 1. The van der Waals surface area contributed by atoms with Crippen LogP contribution in [0.25, 0.3) is 17.4 Å². The van der Waals surface area contributed by atoms with Crippen LogP contribution in [0.1, 0.15) is 83.1 Å². The molecule has 0 radical (unpaired) electrons. The molecule has 43 heavy (non-hydrogen) atoms. The zero-order chi connectivity index (χ0) is 32.6. The summed E-state index contributed by atoms with van der Waals surface area (Å²) in [5.74, 6) is 1.14. The minimum atomic E-state index is -0.0941. The van der Waals surface area contributed by atoms with Gasteiger partial charge in [-0.25, -0.2) is 0 Å². The number of benzene rings is 1. The lowest BCUT2D eigenvalue weighted by Crippen LogP contribution is -2.37. The maximum Gasteiger partial charge on any atom is 0.253 e. The lowest BCUT2D eigenvalue weighted by Gasteiger charge is -2.33. The molecule has 1 aromatic carbocycles. The predicted molar refractivity (Wildman–Crippen MR) is 189 cm³/mol. The standard InChI is InChI=1S/C28H37N3O2.C5H10.C3H6.C2H6/c1-6-24-25(28(32)29-4)20-31(27(24)26(7-2)33-5)17-11-16-30-18-14-23(15-19-30)21(3)22-12-9-8-10-13-22;1-3-5-4-2;1-3-2;1-2/h6-10,12-13,20,23H,2-3,11,14-19H2,1,4-5H3,(H,29,32);3,5H,4H2,1-2H3;3H,1H2,2H3;1-2H3/b24-6-,27-26-;5-3-;;. The molecule has 1 amide bonds. The second-order valence-corrected chi connectivity index (χ2v) is 9.89. The van der Waals surface area contributed by atoms with Crippen LogP contribution in [-0.4, -0.2) is 49.2 Å². The quantitative estimate of drug-likeness (QED) is 0.290. The molecule has 5 nitrogen and oxygen atoms in total. The molecule has 0 bridgehead atoms. The summed E-state index contributed by atoms with van der Waals surface area (Å²) in [6, 6.07) is 10.5. The van der Waals surface area contributed by atoms with E-state index in [1.165, 1.54) is 11.1 Å². The molecule has 1 aliphatic heterocycles. The minimum absolute atomic E-state index is 0.0941. The first-order valence-corrected chi connectivity index (χ1v) is 15.8. The Bertz CT molecular complexity index is 1230. The number of aromatic nitrogens is 1. The summed E-state index contributed by atoms with van der Waals surface area (Å²) < 4.78 is 7.70. The molecule has 1 aromatic heterocycles. The number of allylic oxidation sites excluding steroid dienone is 4. The van der Waals surface area contributed by atoms with Crippen LogP contribution >= 0.6 is 0 Å². The van der Waals surface area contributed by atoms with E-state index in [2.05, 4.69) is 83.9 Å². The minimum Gasteiger partial charge on any atom is -0.495 e. The van der Waals surface area contributed by atoms with Gasteiger partial charge in [0.25, 0.3) is 5.91 Å². The first-order valence-electron chi connectivity index (χ1n) is 15.8. The van der Waals surface area contributed by atoms with Gasteiger partial charge < -0.3 is 19.5 Å². The van der Waals surface area contributed by atoms with Crippen LogP contribution in [0.3, 0.4) is 0 Å². The Labute approximate surface area is 263 Å². The Balaban J connectivity index is 0.00000155. The number of rotatable bonds is 10. The third kappa shape index (κ3) is 13.1. The Morgan fingerprint density at radius 3 is 2.12 bits per heavy atom. The van der Waals surface area contributed by atoms with Crippen molar-refractivity contribution in [1.82, 2.24) is 14.8 Å². The van der Waals surface area contributed by atoms with Crippen LogP contribution in [0, 0.1) is 5.92 Å². The number of likely N-dealkylation sites (tertiary alicyclic amines) is 1. The summed E-state index contributed by atoms with van der Waals surface area (Å²) in [5, 5.41) is 4.53. The van der Waals surface area contributed by atoms with Gasteiger partial charge in [0.15, 0.2) is 0 Å². The molecule has 1 fully saturated rings. The number of hydrogen-bond donors (Lipinski definition) is 1. The number of aryl methyl sites for hydroxylation is 1. The second-order valence-electron chi connectivity index (χ2n) is 9.89. The average Bonchev–Trinajstić information content (AvgIpc) is 3.42. The number of hydrogen-bond acceptors (Lipinski definition) is 3. The van der Waals surface area contributed by atoms with Crippen molar-refractivity contribution in [2.45, 2.75) is 73.8 Å². The van der Waals surface area contributed by atoms with Gasteiger partial charge in [0, 0.05) is 25.0 Å². The SMILES string of the molecule is C/C=C\CC.C=C/C(OC)=c1\c(=C/C)c(C(=O)NC)cn1CCCN1CCC(C(=C)c2ccccc2)CC1.C=CC.CC. The summed E-state index contributed by atoms with van der Waals surface area (Å²) >= 11 is 0. The molecule has 0 saturated carbocycles. The molecule has 238 valence electrons. The van der Waals surface area contributed by atoms with Gasteiger partial charge in [-0.15, -0.1) is 6.58 Å². The fraction of sp³-hybridized carbons (Fsp3) is 0.447. The Morgan fingerprint density at radius 2 is 1.67 bits per heavy atom. The average molecular weight is 590 g/mol. The van der Waals surface area contributed by atoms with E-state index in [0.717, 1.165) is 62.4 Å². The van der Waals surface area contributed by atoms with Crippen molar-refractivity contribution in [3.8, 4) is 0 Å². The van der Waals surface area contributed by atoms with Gasteiger partial charge in [0.2, 0.25) is 0 Å². The van der Waals surface area contributed by atoms with E-state index in [1.54, 1.807) is 26.3 Å². The lowest BCUT2D eigenvalue weighted by molar-refractivity contribution is 0.0962. The number of methoxy groups -OCH3 is 1. The number of amides is 1. The van der Waals surface area contributed by atoms with Crippen molar-refractivity contribution < 1.29 is 9.53 Å². The molecule has 1 saturated heterocycles. The topological polar surface area (TPSA) is 46.5 Å². The normalized spacial score (nSPS) is 14.2. The molecule has 2 heterocycles. The van der Waals surface area contributed by atoms with Gasteiger partial charge in [0.05, 0.1) is 18.0 Å². The smallest absolute Gasteiger partial charge is 0.253 e. The summed E-state index contributed by atoms with van der Waals surface area (Å²) in [7, 11) is 3.30. The lowest BCUT2D eigenvalue weighted by atomic mass is 9.86. The highest BCUT2D eigenvalue weighted by Crippen LogP contribution is 2.30. The highest BCUT2D eigenvalue weighted by atomic mass is 16.5. The summed E-state index contributed by atoms with van der Waals surface area (Å²) in [4.78, 5) is 15.0. The zero-order valence-corrected chi connectivity index (χ0v) is 28.4. The van der Waals surface area contributed by atoms with E-state index < -0.39 is 0 Å². The zero-order valence-electron chi connectivity index (χ0n) is 28.4. The summed E-state index contributed by atoms with van der Waals surface area (Å²) in [6.45, 7) is 27.6. The van der Waals surface area contributed by atoms with Crippen LogP contribution in [0.2, 0.25) is 0 Å². The maximum atomic E-state index is 12.4. The number of nitrogens with zero attached hydrogens (tertiary/aromatic N) is 2. The van der Waals surface area contributed by atoms with Crippen molar-refractivity contribution in [3.05, 3.63) is 102 Å². The highest BCUT2D eigenvalue weighted by molar-refractivity contribution is 5.94. The third-order valence-electron chi connectivity index (χ3n) is 7.09. The molecule has 0 aliphatic carbocycles. The van der Waals surface area contributed by atoms with E-state index >= 15 is 0 Å². The predicted octanol–water partition coefficient (Wildman–Crippen LogP) is 7.60. The van der Waals surface area contributed by atoms with E-state index in [9.17, 15) is 4.79 Å². The Hall–Kier alpha value is -3.57. The van der Waals surface area contributed by atoms with Crippen LogP contribution in [0.15, 0.2) is 80.6 Å². The third-order valence-corrected chi connectivity index (χ3v) is 7.09. The largest absolute Gasteiger partial charge is 0.495 e. The van der Waals surface area contributed by atoms with Crippen molar-refractivity contribution in [2.75, 3.05) is 33.8 Å². The van der Waals surface area contributed by atoms with Gasteiger partial charge in [-0.2, -0.15) is 0 Å². The Kier molecular flexibility index (Phi) is 21.9. The molecule has 1 aliphatic rings. The molecule has 3 rings (SSSR count). The van der Waals surface area contributed by atoms with Crippen LogP contribution in [0.5, 0.6) is 0 Å². The van der Waals surface area contributed by atoms with Crippen molar-refractivity contribution in [3.63, 3.8) is 0 Å². The second kappa shape index (κ2) is 23.9. The number of carbonyl (C=O) groups excluding carboxylic acids is 1. The number of nitrogens with one attached hydrogen (secondary N) is 1. The van der Waals surface area contributed by atoms with Gasteiger partial charge in [0.1, 0.15) is 5.76 Å². The van der Waals surface area contributed by atoms with E-state index in [1.807, 2.05) is 46.9 Å². The van der Waals surface area contributed by atoms with E-state index in [-0.39, 0.29) is 5.91 Å². The molecular formula is C38H59N3O2. The fourth-order valence-corrected chi connectivity index (χ4v) is 5.00. The molecule has 1 N–H and O–H groups in total. The monoisotopic (exact) mass is 589 g/mol. The first-order chi connectivity index (χ1) is 20.9. The molecule has 0 unspecified atom stereocenters. The highest BCUT2D eigenvalue weighted by Gasteiger charge is 2.22. The van der Waals surface area contributed by atoms with E-state index in [0.29, 0.717) is 17.2 Å². The van der Waals surface area contributed by atoms with Crippen LogP contribution in [0.4, 0.5) is 0 Å². The summed E-state index contributed by atoms with van der Waals surface area (Å²) in [6.07, 6.45) is 16.0. The molecule has 0 atom stereocenters. The van der Waals surface area contributed by atoms with Crippen molar-refractivity contribution in [1.29, 1.82) is 0 Å². The van der Waals surface area contributed by atoms with Crippen molar-refractivity contribution >= 4 is 23.3 Å². The van der Waals surface area contributed by atoms with E-state index in [4.69, 9.17) is 4.74 Å². The van der Waals surface area contributed by atoms with Gasteiger partial charge in [-0.05, 0) is 89.2 Å². The number of carbonyl (C=O) groups is 1. The molecule has 5 heteroatoms. The van der Waals surface area contributed by atoms with Gasteiger partial charge in [-0.3, -0.25) is 4.79 Å². The Morgan fingerprint density at radius 1 is 1.07 bits per heavy atom. The van der Waals surface area contributed by atoms with Gasteiger partial charge >= 0.3 is 0 Å². The maximum absolute atomic E-state index is 12.4. The van der Waals surface area contributed by atoms with Crippen molar-refractivity contribution in [2.24, 2.45) is 5.92 Å².